The number of nitrogens with one attached hydrogen (secondary N) is 2. The summed E-state index contributed by atoms with van der Waals surface area (Å²) in [5.41, 5.74) is 4.06. The van der Waals surface area contributed by atoms with Crippen molar-refractivity contribution in [3.05, 3.63) is 72.3 Å². The van der Waals surface area contributed by atoms with Crippen LogP contribution in [0.5, 0.6) is 0 Å². The predicted octanol–water partition coefficient (Wildman–Crippen LogP) is 4.08. The van der Waals surface area contributed by atoms with Gasteiger partial charge in [-0.25, -0.2) is 15.0 Å². The Morgan fingerprint density at radius 3 is 2.47 bits per heavy atom. The quantitative estimate of drug-likeness (QED) is 0.439. The molecule has 0 aliphatic rings. The molecule has 0 aliphatic heterocycles. The Morgan fingerprint density at radius 1 is 1.03 bits per heavy atom. The molecule has 4 rings (SSSR count). The van der Waals surface area contributed by atoms with Gasteiger partial charge in [-0.05, 0) is 82.5 Å². The number of amides is 1. The summed E-state index contributed by atoms with van der Waals surface area (Å²) < 4.78 is 2.23. The van der Waals surface area contributed by atoms with Crippen LogP contribution in [0.4, 0.5) is 17.3 Å². The van der Waals surface area contributed by atoms with Gasteiger partial charge in [-0.1, -0.05) is 0 Å². The number of anilines is 3. The number of carbonyl (C=O) groups excluding carboxylic acids is 1. The van der Waals surface area contributed by atoms with Gasteiger partial charge >= 0.3 is 0 Å². The Bertz CT molecular complexity index is 1200. The number of aromatic nitrogens is 4. The molecule has 0 saturated heterocycles. The van der Waals surface area contributed by atoms with Crippen molar-refractivity contribution < 1.29 is 4.79 Å². The first kappa shape index (κ1) is 21.5. The fraction of sp³-hybridized carbons (Fsp3) is 0.250. The minimum absolute atomic E-state index is 0.172. The van der Waals surface area contributed by atoms with E-state index >= 15 is 0 Å². The van der Waals surface area contributed by atoms with E-state index in [1.807, 2.05) is 37.3 Å². The van der Waals surface area contributed by atoms with Gasteiger partial charge in [-0.3, -0.25) is 4.79 Å². The minimum Gasteiger partial charge on any atom is -0.328 e. The fourth-order valence-corrected chi connectivity index (χ4v) is 3.56. The summed E-state index contributed by atoms with van der Waals surface area (Å²) in [5, 5.41) is 6.07. The molecule has 0 radical (unpaired) electrons. The Labute approximate surface area is 187 Å². The maximum Gasteiger partial charge on any atom is 0.255 e. The number of benzene rings is 2. The molecular weight excluding hydrogens is 402 g/mol. The molecule has 2 aromatic heterocycles. The highest BCUT2D eigenvalue weighted by Gasteiger charge is 2.11. The van der Waals surface area contributed by atoms with E-state index in [9.17, 15) is 4.79 Å². The molecule has 8 nitrogen and oxygen atoms in total. The van der Waals surface area contributed by atoms with Crippen LogP contribution in [0.25, 0.3) is 11.0 Å². The maximum atomic E-state index is 12.7. The fourth-order valence-electron chi connectivity index (χ4n) is 3.56. The van der Waals surface area contributed by atoms with Crippen molar-refractivity contribution in [2.75, 3.05) is 31.3 Å². The SMILES string of the molecule is Cc1nc2cc(NC(=O)c3ccc(Nc4ncccn4)cc3)ccc2n1CCCN(C)C. The van der Waals surface area contributed by atoms with Crippen LogP contribution in [0.1, 0.15) is 22.6 Å². The highest BCUT2D eigenvalue weighted by Crippen LogP contribution is 2.22. The van der Waals surface area contributed by atoms with Gasteiger partial charge in [-0.15, -0.1) is 0 Å². The Kier molecular flexibility index (Phi) is 6.42. The van der Waals surface area contributed by atoms with Gasteiger partial charge < -0.3 is 20.1 Å². The number of hydrogen-bond donors (Lipinski definition) is 2. The van der Waals surface area contributed by atoms with Crippen molar-refractivity contribution >= 4 is 34.3 Å². The molecule has 8 heteroatoms. The van der Waals surface area contributed by atoms with E-state index in [-0.39, 0.29) is 5.91 Å². The topological polar surface area (TPSA) is 88.0 Å². The van der Waals surface area contributed by atoms with Crippen molar-refractivity contribution in [3.63, 3.8) is 0 Å². The van der Waals surface area contributed by atoms with Gasteiger partial charge in [0, 0.05) is 35.9 Å². The van der Waals surface area contributed by atoms with E-state index in [2.05, 4.69) is 49.1 Å². The van der Waals surface area contributed by atoms with E-state index < -0.39 is 0 Å². The molecule has 0 aliphatic carbocycles. The molecule has 0 spiro atoms. The van der Waals surface area contributed by atoms with Gasteiger partial charge in [0.25, 0.3) is 5.91 Å². The Balaban J connectivity index is 1.43. The Hall–Kier alpha value is -3.78. The lowest BCUT2D eigenvalue weighted by atomic mass is 10.2. The van der Waals surface area contributed by atoms with E-state index in [1.165, 1.54) is 0 Å². The molecule has 32 heavy (non-hydrogen) atoms. The van der Waals surface area contributed by atoms with Crippen LogP contribution in [0.15, 0.2) is 60.9 Å². The second-order valence-electron chi connectivity index (χ2n) is 7.90. The first-order valence-electron chi connectivity index (χ1n) is 10.6. The summed E-state index contributed by atoms with van der Waals surface area (Å²) in [6, 6.07) is 14.8. The summed E-state index contributed by atoms with van der Waals surface area (Å²) >= 11 is 0. The van der Waals surface area contributed by atoms with Crippen molar-refractivity contribution in [2.45, 2.75) is 19.9 Å². The van der Waals surface area contributed by atoms with Crippen LogP contribution in [0.3, 0.4) is 0 Å². The predicted molar refractivity (Wildman–Crippen MR) is 127 cm³/mol. The number of carbonyl (C=O) groups is 1. The lowest BCUT2D eigenvalue weighted by Gasteiger charge is -2.11. The zero-order chi connectivity index (χ0) is 22.5. The molecule has 0 saturated carbocycles. The first-order valence-corrected chi connectivity index (χ1v) is 10.6. The molecule has 2 heterocycles. The summed E-state index contributed by atoms with van der Waals surface area (Å²) in [4.78, 5) is 27.8. The number of fused-ring (bicyclic) bond motifs is 1. The third kappa shape index (κ3) is 5.09. The van der Waals surface area contributed by atoms with Crippen LogP contribution in [-0.4, -0.2) is 51.0 Å². The number of hydrogen-bond acceptors (Lipinski definition) is 6. The van der Waals surface area contributed by atoms with E-state index in [0.717, 1.165) is 47.7 Å². The third-order valence-corrected chi connectivity index (χ3v) is 5.15. The summed E-state index contributed by atoms with van der Waals surface area (Å²) in [7, 11) is 4.16. The molecular formula is C24H27N7O. The normalized spacial score (nSPS) is 11.1. The molecule has 0 fully saturated rings. The molecule has 164 valence electrons. The van der Waals surface area contributed by atoms with Crippen LogP contribution in [0.2, 0.25) is 0 Å². The van der Waals surface area contributed by atoms with Crippen LogP contribution >= 0.6 is 0 Å². The second-order valence-corrected chi connectivity index (χ2v) is 7.90. The lowest BCUT2D eigenvalue weighted by Crippen LogP contribution is -2.15. The lowest BCUT2D eigenvalue weighted by molar-refractivity contribution is 0.102. The monoisotopic (exact) mass is 429 g/mol. The largest absolute Gasteiger partial charge is 0.328 e. The van der Waals surface area contributed by atoms with Crippen LogP contribution in [-0.2, 0) is 6.54 Å². The number of rotatable bonds is 8. The van der Waals surface area contributed by atoms with Crippen molar-refractivity contribution in [1.82, 2.24) is 24.4 Å². The summed E-state index contributed by atoms with van der Waals surface area (Å²) in [6.07, 6.45) is 4.39. The van der Waals surface area contributed by atoms with Crippen molar-refractivity contribution in [2.24, 2.45) is 0 Å². The average Bonchev–Trinajstić information content (AvgIpc) is 3.09. The molecule has 2 aromatic carbocycles. The van der Waals surface area contributed by atoms with Gasteiger partial charge in [0.05, 0.1) is 11.0 Å². The van der Waals surface area contributed by atoms with Crippen molar-refractivity contribution in [1.29, 1.82) is 0 Å². The third-order valence-electron chi connectivity index (χ3n) is 5.15. The molecule has 4 aromatic rings. The van der Waals surface area contributed by atoms with Gasteiger partial charge in [0.2, 0.25) is 5.95 Å². The number of aryl methyl sites for hydroxylation is 2. The van der Waals surface area contributed by atoms with E-state index in [0.29, 0.717) is 11.5 Å². The number of imidazole rings is 1. The van der Waals surface area contributed by atoms with Gasteiger partial charge in [0.1, 0.15) is 5.82 Å². The molecule has 0 bridgehead atoms. The molecule has 0 atom stereocenters. The van der Waals surface area contributed by atoms with Crippen LogP contribution < -0.4 is 10.6 Å². The van der Waals surface area contributed by atoms with Crippen molar-refractivity contribution in [3.8, 4) is 0 Å². The van der Waals surface area contributed by atoms with E-state index in [4.69, 9.17) is 0 Å². The average molecular weight is 430 g/mol. The highest BCUT2D eigenvalue weighted by molar-refractivity contribution is 6.05. The maximum absolute atomic E-state index is 12.7. The highest BCUT2D eigenvalue weighted by atomic mass is 16.1. The minimum atomic E-state index is -0.172. The summed E-state index contributed by atoms with van der Waals surface area (Å²) in [5.74, 6) is 1.32. The molecule has 0 unspecified atom stereocenters. The van der Waals surface area contributed by atoms with E-state index in [1.54, 1.807) is 30.6 Å². The summed E-state index contributed by atoms with van der Waals surface area (Å²) in [6.45, 7) is 3.96. The molecule has 2 N–H and O–H groups in total. The number of nitrogens with zero attached hydrogens (tertiary/aromatic N) is 5. The van der Waals surface area contributed by atoms with Crippen LogP contribution in [0, 0.1) is 6.92 Å². The standard InChI is InChI=1S/C24H27N7O/c1-17-27-21-16-20(10-11-22(21)31(17)15-5-14-30(2)3)28-23(32)18-6-8-19(9-7-18)29-24-25-12-4-13-26-24/h4,6-13,16H,5,14-15H2,1-3H3,(H,28,32)(H,25,26,29). The second kappa shape index (κ2) is 9.57. The van der Waals surface area contributed by atoms with Gasteiger partial charge in [0.15, 0.2) is 0 Å². The molecule has 1 amide bonds. The zero-order valence-electron chi connectivity index (χ0n) is 18.5. The van der Waals surface area contributed by atoms with Gasteiger partial charge in [-0.2, -0.15) is 0 Å². The Morgan fingerprint density at radius 2 is 1.75 bits per heavy atom. The smallest absolute Gasteiger partial charge is 0.255 e. The first-order chi connectivity index (χ1) is 15.5. The zero-order valence-corrected chi connectivity index (χ0v) is 18.5.